The summed E-state index contributed by atoms with van der Waals surface area (Å²) < 4.78 is 21.0. The summed E-state index contributed by atoms with van der Waals surface area (Å²) in [4.78, 5) is 59.2. The Kier molecular flexibility index (Phi) is 11.1. The number of piperidine rings is 3. The Morgan fingerprint density at radius 2 is 1.57 bits per heavy atom. The third-order valence-electron chi connectivity index (χ3n) is 11.2. The van der Waals surface area contributed by atoms with Gasteiger partial charge in [0.25, 0.3) is 5.91 Å². The minimum absolute atomic E-state index is 0.0222. The van der Waals surface area contributed by atoms with Gasteiger partial charge in [-0.3, -0.25) is 24.6 Å². The number of alkyl carbamates (subject to hydrolysis) is 1. The van der Waals surface area contributed by atoms with Crippen LogP contribution in [0, 0.1) is 5.92 Å². The molecule has 53 heavy (non-hydrogen) atoms. The average Bonchev–Trinajstić information content (AvgIpc) is 3.46. The molecular formula is C39H53N7O6S. The van der Waals surface area contributed by atoms with E-state index >= 15 is 0 Å². The number of hydrogen-bond donors (Lipinski definition) is 2. The Morgan fingerprint density at radius 3 is 2.26 bits per heavy atom. The highest BCUT2D eigenvalue weighted by atomic mass is 32.2. The van der Waals surface area contributed by atoms with Gasteiger partial charge in [0, 0.05) is 94.8 Å². The molecule has 2 aromatic carbocycles. The van der Waals surface area contributed by atoms with Crippen molar-refractivity contribution in [3.05, 3.63) is 53.6 Å². The number of imide groups is 1. The second kappa shape index (κ2) is 15.8. The number of carbonyl (C=O) groups is 4. The maximum absolute atomic E-state index is 13.6. The first kappa shape index (κ1) is 37.3. The SMILES string of the molecule is CC(C)(C)OC(=O)NC1CCN(S(=O)c2cccc(N3CCC(CN4CCN(c5ccc6c(c5)CN(C5CCC(=O)NC5=O)C6=O)CC4)CC3)c2)CC1. The van der Waals surface area contributed by atoms with Crippen molar-refractivity contribution >= 4 is 46.2 Å². The molecule has 286 valence electrons. The van der Waals surface area contributed by atoms with Gasteiger partial charge in [0.05, 0.1) is 4.90 Å². The standard InChI is InChI=1S/C39H53N7O6S/c1-39(2,3)52-38(50)40-29-13-17-45(18-14-29)53(51)32-6-4-5-30(24-32)43-15-11-27(12-16-43)25-42-19-21-44(22-20-42)31-7-8-33-28(23-31)26-46(37(33)49)34-9-10-35(47)41-36(34)48/h4-8,23-24,27,29,34H,9-22,25-26H2,1-3H3,(H,40,50)(H,41,47,48). The Labute approximate surface area is 314 Å². The summed E-state index contributed by atoms with van der Waals surface area (Å²) in [5, 5.41) is 5.33. The second-order valence-corrected chi connectivity index (χ2v) is 17.5. The number of hydrogen-bond acceptors (Lipinski definition) is 9. The van der Waals surface area contributed by atoms with Gasteiger partial charge in [0.2, 0.25) is 11.8 Å². The summed E-state index contributed by atoms with van der Waals surface area (Å²) in [5.41, 5.74) is 3.29. The van der Waals surface area contributed by atoms with Crippen molar-refractivity contribution < 1.29 is 28.1 Å². The first-order valence-electron chi connectivity index (χ1n) is 19.2. The van der Waals surface area contributed by atoms with Crippen LogP contribution in [0.4, 0.5) is 16.2 Å². The van der Waals surface area contributed by atoms with E-state index in [9.17, 15) is 23.4 Å². The Balaban J connectivity index is 0.843. The summed E-state index contributed by atoms with van der Waals surface area (Å²) >= 11 is 0. The molecule has 2 aromatic rings. The predicted molar refractivity (Wildman–Crippen MR) is 203 cm³/mol. The van der Waals surface area contributed by atoms with Crippen LogP contribution in [0.1, 0.15) is 75.2 Å². The largest absolute Gasteiger partial charge is 0.444 e. The molecular weight excluding hydrogens is 695 g/mol. The van der Waals surface area contributed by atoms with E-state index in [1.165, 1.54) is 0 Å². The lowest BCUT2D eigenvalue weighted by atomic mass is 9.95. The molecule has 0 aliphatic carbocycles. The zero-order valence-electron chi connectivity index (χ0n) is 31.2. The normalized spacial score (nSPS) is 23.2. The minimum Gasteiger partial charge on any atom is -0.444 e. The first-order chi connectivity index (χ1) is 25.4. The molecule has 7 rings (SSSR count). The van der Waals surface area contributed by atoms with E-state index in [-0.39, 0.29) is 30.2 Å². The van der Waals surface area contributed by atoms with Crippen LogP contribution in [-0.4, -0.2) is 119 Å². The van der Waals surface area contributed by atoms with Crippen molar-refractivity contribution in [2.45, 2.75) is 88.4 Å². The van der Waals surface area contributed by atoms with Crippen LogP contribution in [0.15, 0.2) is 47.4 Å². The number of nitrogens with one attached hydrogen (secondary N) is 2. The molecule has 0 bridgehead atoms. The predicted octanol–water partition coefficient (Wildman–Crippen LogP) is 3.50. The lowest BCUT2D eigenvalue weighted by molar-refractivity contribution is -0.136. The molecule has 0 spiro atoms. The molecule has 4 amide bonds. The lowest BCUT2D eigenvalue weighted by Gasteiger charge is -2.40. The van der Waals surface area contributed by atoms with Gasteiger partial charge in [-0.25, -0.2) is 13.3 Å². The van der Waals surface area contributed by atoms with Crippen molar-refractivity contribution in [3.8, 4) is 0 Å². The third-order valence-corrected chi connectivity index (χ3v) is 12.7. The highest BCUT2D eigenvalue weighted by molar-refractivity contribution is 7.82. The Hall–Kier alpha value is -4.01. The van der Waals surface area contributed by atoms with E-state index < -0.39 is 28.7 Å². The van der Waals surface area contributed by atoms with Gasteiger partial charge in [0.15, 0.2) is 0 Å². The molecule has 14 heteroatoms. The monoisotopic (exact) mass is 747 g/mol. The first-order valence-corrected chi connectivity index (χ1v) is 20.3. The fourth-order valence-electron chi connectivity index (χ4n) is 8.26. The summed E-state index contributed by atoms with van der Waals surface area (Å²) in [7, 11) is -1.25. The van der Waals surface area contributed by atoms with Crippen LogP contribution in [-0.2, 0) is 31.9 Å². The quantitative estimate of drug-likeness (QED) is 0.390. The smallest absolute Gasteiger partial charge is 0.407 e. The summed E-state index contributed by atoms with van der Waals surface area (Å²) in [6.45, 7) is 14.1. The number of carbonyl (C=O) groups excluding carboxylic acids is 4. The van der Waals surface area contributed by atoms with Crippen molar-refractivity contribution in [2.75, 3.05) is 68.7 Å². The van der Waals surface area contributed by atoms with Gasteiger partial charge in [0.1, 0.15) is 22.6 Å². The number of piperazine rings is 1. The summed E-state index contributed by atoms with van der Waals surface area (Å²) in [6, 6.07) is 13.6. The van der Waals surface area contributed by atoms with E-state index in [0.29, 0.717) is 37.5 Å². The van der Waals surface area contributed by atoms with Crippen molar-refractivity contribution in [1.82, 2.24) is 24.7 Å². The van der Waals surface area contributed by atoms with E-state index in [0.717, 1.165) is 93.3 Å². The third kappa shape index (κ3) is 8.87. The van der Waals surface area contributed by atoms with Crippen LogP contribution in [0.3, 0.4) is 0 Å². The van der Waals surface area contributed by atoms with Gasteiger partial charge >= 0.3 is 6.09 Å². The molecule has 13 nitrogen and oxygen atoms in total. The topological polar surface area (TPSA) is 135 Å². The number of ether oxygens (including phenoxy) is 1. The number of rotatable bonds is 8. The number of nitrogens with zero attached hydrogens (tertiary/aromatic N) is 5. The summed E-state index contributed by atoms with van der Waals surface area (Å²) in [5.74, 6) is -0.162. The number of anilines is 2. The lowest BCUT2D eigenvalue weighted by Crippen LogP contribution is -2.52. The zero-order valence-corrected chi connectivity index (χ0v) is 32.0. The molecule has 0 aromatic heterocycles. The maximum atomic E-state index is 13.6. The molecule has 0 saturated carbocycles. The number of fused-ring (bicyclic) bond motifs is 1. The second-order valence-electron chi connectivity index (χ2n) is 16.1. The molecule has 5 aliphatic heterocycles. The average molecular weight is 748 g/mol. The summed E-state index contributed by atoms with van der Waals surface area (Å²) in [6.07, 6.45) is 3.93. The van der Waals surface area contributed by atoms with Gasteiger partial charge in [-0.2, -0.15) is 0 Å². The van der Waals surface area contributed by atoms with Crippen LogP contribution in [0.5, 0.6) is 0 Å². The highest BCUT2D eigenvalue weighted by Crippen LogP contribution is 2.32. The van der Waals surface area contributed by atoms with Crippen LogP contribution >= 0.6 is 0 Å². The molecule has 5 heterocycles. The molecule has 5 aliphatic rings. The van der Waals surface area contributed by atoms with E-state index in [1.807, 2.05) is 49.3 Å². The van der Waals surface area contributed by atoms with Gasteiger partial charge in [-0.1, -0.05) is 6.07 Å². The van der Waals surface area contributed by atoms with E-state index in [1.54, 1.807) is 4.90 Å². The van der Waals surface area contributed by atoms with Gasteiger partial charge < -0.3 is 24.8 Å². The van der Waals surface area contributed by atoms with Crippen molar-refractivity contribution in [2.24, 2.45) is 5.92 Å². The van der Waals surface area contributed by atoms with Crippen LogP contribution in [0.2, 0.25) is 0 Å². The van der Waals surface area contributed by atoms with E-state index in [4.69, 9.17) is 4.74 Å². The Bertz CT molecular complexity index is 1720. The molecule has 2 atom stereocenters. The zero-order chi connectivity index (χ0) is 37.3. The van der Waals surface area contributed by atoms with Crippen molar-refractivity contribution in [1.29, 1.82) is 0 Å². The number of benzene rings is 2. The maximum Gasteiger partial charge on any atom is 0.407 e. The fraction of sp³-hybridized carbons (Fsp3) is 0.590. The van der Waals surface area contributed by atoms with Crippen LogP contribution in [0.25, 0.3) is 0 Å². The molecule has 4 saturated heterocycles. The molecule has 0 radical (unpaired) electrons. The fourth-order valence-corrected chi connectivity index (χ4v) is 9.52. The minimum atomic E-state index is -1.25. The van der Waals surface area contributed by atoms with E-state index in [2.05, 4.69) is 43.5 Å². The molecule has 2 unspecified atom stereocenters. The molecule has 2 N–H and O–H groups in total. The Morgan fingerprint density at radius 1 is 0.868 bits per heavy atom. The van der Waals surface area contributed by atoms with Gasteiger partial charge in [-0.15, -0.1) is 0 Å². The highest BCUT2D eigenvalue weighted by Gasteiger charge is 2.39. The van der Waals surface area contributed by atoms with Crippen LogP contribution < -0.4 is 20.4 Å². The van der Waals surface area contributed by atoms with Gasteiger partial charge in [-0.05, 0) is 101 Å². The number of amides is 4. The van der Waals surface area contributed by atoms with Crippen molar-refractivity contribution in [3.63, 3.8) is 0 Å². The molecule has 4 fully saturated rings.